The first-order valence-electron chi connectivity index (χ1n) is 19.8. The third-order valence-corrected chi connectivity index (χ3v) is 13.6. The van der Waals surface area contributed by atoms with Crippen LogP contribution in [0.3, 0.4) is 0 Å². The van der Waals surface area contributed by atoms with Gasteiger partial charge in [-0.05, 0) is 55.7 Å². The van der Waals surface area contributed by atoms with Crippen molar-refractivity contribution in [2.75, 3.05) is 26.0 Å². The van der Waals surface area contributed by atoms with Gasteiger partial charge in [0.1, 0.15) is 40.5 Å². The lowest BCUT2D eigenvalue weighted by Gasteiger charge is -2.30. The van der Waals surface area contributed by atoms with Gasteiger partial charge in [0.25, 0.3) is 0 Å². The van der Waals surface area contributed by atoms with Gasteiger partial charge in [-0.2, -0.15) is 0 Å². The molecule has 0 unspecified atom stereocenters. The molecule has 16 heteroatoms. The maximum Gasteiger partial charge on any atom is 0.211 e. The first-order chi connectivity index (χ1) is 27.0. The van der Waals surface area contributed by atoms with E-state index in [-0.39, 0.29) is 5.92 Å². The molecule has 7 heterocycles. The van der Waals surface area contributed by atoms with Gasteiger partial charge in [0.2, 0.25) is 10.0 Å². The SMILES string of the molecule is CS(=O)(=O)N1CCC[C@H](Cc2nccnc2-c2cnc3[nH]ccc3n2)C1.C[Si](C)(C)CCOCn1ccc2nc(-c3nccnc3CC3CCCCC3)cnc21. The van der Waals surface area contributed by atoms with Gasteiger partial charge in [0.15, 0.2) is 11.3 Å². The molecular formula is C40H53N11O3SSi. The molecule has 0 bridgehead atoms. The molecule has 1 saturated heterocycles. The Kier molecular flexibility index (Phi) is 12.6. The average molecular weight is 796 g/mol. The second-order valence-corrected chi connectivity index (χ2v) is 23.9. The third-order valence-electron chi connectivity index (χ3n) is 10.6. The second-order valence-electron chi connectivity index (χ2n) is 16.3. The lowest BCUT2D eigenvalue weighted by atomic mass is 9.85. The summed E-state index contributed by atoms with van der Waals surface area (Å²) in [5.41, 5.74) is 8.17. The molecule has 6 aromatic heterocycles. The Hall–Kier alpha value is -4.51. The van der Waals surface area contributed by atoms with Crippen molar-refractivity contribution in [2.45, 2.75) is 90.2 Å². The third kappa shape index (κ3) is 10.3. The maximum absolute atomic E-state index is 11.8. The Balaban J connectivity index is 0.000000173. The number of aromatic amines is 1. The molecule has 6 aromatic rings. The van der Waals surface area contributed by atoms with Crippen LogP contribution >= 0.6 is 0 Å². The Morgan fingerprint density at radius 1 is 0.786 bits per heavy atom. The van der Waals surface area contributed by atoms with Gasteiger partial charge >= 0.3 is 0 Å². The number of fused-ring (bicyclic) bond motifs is 2. The summed E-state index contributed by atoms with van der Waals surface area (Å²) < 4.78 is 33.2. The number of H-pyrrole nitrogens is 1. The summed E-state index contributed by atoms with van der Waals surface area (Å²) in [6, 6.07) is 5.04. The lowest BCUT2D eigenvalue weighted by Crippen LogP contribution is -2.39. The van der Waals surface area contributed by atoms with Gasteiger partial charge in [-0.25, -0.2) is 32.7 Å². The smallest absolute Gasteiger partial charge is 0.211 e. The summed E-state index contributed by atoms with van der Waals surface area (Å²) in [5.74, 6) is 0.929. The predicted molar refractivity (Wildman–Crippen MR) is 221 cm³/mol. The fourth-order valence-electron chi connectivity index (χ4n) is 7.56. The Labute approximate surface area is 330 Å². The number of piperidine rings is 1. The summed E-state index contributed by atoms with van der Waals surface area (Å²) in [6.45, 7) is 9.52. The maximum atomic E-state index is 11.8. The van der Waals surface area contributed by atoms with Crippen LogP contribution in [0, 0.1) is 11.8 Å². The second kappa shape index (κ2) is 17.7. The summed E-state index contributed by atoms with van der Waals surface area (Å²) in [5, 5.41) is 0. The van der Waals surface area contributed by atoms with Crippen molar-refractivity contribution in [1.82, 2.24) is 53.7 Å². The number of nitrogens with one attached hydrogen (secondary N) is 1. The summed E-state index contributed by atoms with van der Waals surface area (Å²) in [4.78, 5) is 39.8. The minimum atomic E-state index is -3.16. The van der Waals surface area contributed by atoms with E-state index < -0.39 is 18.1 Å². The van der Waals surface area contributed by atoms with E-state index in [2.05, 4.69) is 54.5 Å². The van der Waals surface area contributed by atoms with E-state index in [1.165, 1.54) is 44.4 Å². The van der Waals surface area contributed by atoms with E-state index in [1.807, 2.05) is 29.1 Å². The number of sulfonamides is 1. The Morgan fingerprint density at radius 3 is 2.12 bits per heavy atom. The van der Waals surface area contributed by atoms with Crippen molar-refractivity contribution in [3.05, 3.63) is 73.1 Å². The monoisotopic (exact) mass is 795 g/mol. The van der Waals surface area contributed by atoms with Crippen molar-refractivity contribution in [3.8, 4) is 22.8 Å². The van der Waals surface area contributed by atoms with Crippen LogP contribution in [0.15, 0.2) is 61.7 Å². The molecule has 0 amide bonds. The minimum Gasteiger partial charge on any atom is -0.361 e. The van der Waals surface area contributed by atoms with Crippen LogP contribution in [0.1, 0.15) is 56.3 Å². The molecule has 0 spiro atoms. The zero-order chi connectivity index (χ0) is 39.1. The number of hydrogen-bond acceptors (Lipinski definition) is 11. The van der Waals surface area contributed by atoms with Crippen molar-refractivity contribution in [3.63, 3.8) is 0 Å². The van der Waals surface area contributed by atoms with E-state index >= 15 is 0 Å². The van der Waals surface area contributed by atoms with Crippen LogP contribution < -0.4 is 0 Å². The average Bonchev–Trinajstić information content (AvgIpc) is 3.84. The molecule has 1 aliphatic heterocycles. The fourth-order valence-corrected chi connectivity index (χ4v) is 9.26. The highest BCUT2D eigenvalue weighted by Crippen LogP contribution is 2.30. The number of hydrogen-bond donors (Lipinski definition) is 1. The highest BCUT2D eigenvalue weighted by molar-refractivity contribution is 7.88. The van der Waals surface area contributed by atoms with Crippen molar-refractivity contribution >= 4 is 40.4 Å². The topological polar surface area (TPSA) is 170 Å². The number of ether oxygens (including phenoxy) is 1. The number of nitrogens with zero attached hydrogens (tertiary/aromatic N) is 10. The van der Waals surface area contributed by atoms with E-state index in [9.17, 15) is 8.42 Å². The highest BCUT2D eigenvalue weighted by atomic mass is 32.2. The van der Waals surface area contributed by atoms with E-state index in [4.69, 9.17) is 14.7 Å². The molecular weight excluding hydrogens is 743 g/mol. The molecule has 14 nitrogen and oxygen atoms in total. The van der Waals surface area contributed by atoms with Crippen LogP contribution in [0.5, 0.6) is 0 Å². The Bertz CT molecular complexity index is 2340. The molecule has 1 atom stereocenters. The number of aromatic nitrogens is 10. The summed E-state index contributed by atoms with van der Waals surface area (Å²) >= 11 is 0. The van der Waals surface area contributed by atoms with E-state index in [1.54, 1.807) is 41.5 Å². The van der Waals surface area contributed by atoms with Crippen molar-refractivity contribution < 1.29 is 13.2 Å². The molecule has 8 rings (SSSR count). The van der Waals surface area contributed by atoms with Gasteiger partial charge in [0, 0.05) is 65.0 Å². The molecule has 1 aliphatic carbocycles. The van der Waals surface area contributed by atoms with Crippen molar-refractivity contribution in [2.24, 2.45) is 11.8 Å². The first-order valence-corrected chi connectivity index (χ1v) is 25.3. The zero-order valence-electron chi connectivity index (χ0n) is 32.9. The van der Waals surface area contributed by atoms with Gasteiger partial charge in [-0.3, -0.25) is 19.9 Å². The zero-order valence-corrected chi connectivity index (χ0v) is 34.7. The fraction of sp³-hybridized carbons (Fsp3) is 0.500. The molecule has 56 heavy (non-hydrogen) atoms. The first kappa shape index (κ1) is 39.7. The Morgan fingerprint density at radius 2 is 1.43 bits per heavy atom. The molecule has 296 valence electrons. The largest absolute Gasteiger partial charge is 0.361 e. The normalized spacial score (nSPS) is 17.2. The van der Waals surface area contributed by atoms with Gasteiger partial charge in [-0.15, -0.1) is 0 Å². The van der Waals surface area contributed by atoms with E-state index in [0.717, 1.165) is 71.0 Å². The predicted octanol–water partition coefficient (Wildman–Crippen LogP) is 6.95. The van der Waals surface area contributed by atoms with Gasteiger partial charge in [-0.1, -0.05) is 51.7 Å². The lowest BCUT2D eigenvalue weighted by molar-refractivity contribution is 0.0899. The van der Waals surface area contributed by atoms with Crippen LogP contribution in [-0.4, -0.2) is 96.2 Å². The molecule has 2 aliphatic rings. The van der Waals surface area contributed by atoms with Gasteiger partial charge < -0.3 is 14.3 Å². The summed E-state index contributed by atoms with van der Waals surface area (Å²) in [6.07, 6.45) is 25.6. The van der Waals surface area contributed by atoms with Crippen LogP contribution in [-0.2, 0) is 34.3 Å². The molecule has 2 fully saturated rings. The molecule has 1 saturated carbocycles. The summed E-state index contributed by atoms with van der Waals surface area (Å²) in [7, 11) is -4.23. The van der Waals surface area contributed by atoms with Crippen LogP contribution in [0.25, 0.3) is 45.1 Å². The van der Waals surface area contributed by atoms with E-state index in [0.29, 0.717) is 43.5 Å². The van der Waals surface area contributed by atoms with Crippen LogP contribution in [0.2, 0.25) is 25.7 Å². The van der Waals surface area contributed by atoms with Crippen LogP contribution in [0.4, 0.5) is 0 Å². The molecule has 1 N–H and O–H groups in total. The van der Waals surface area contributed by atoms with Crippen molar-refractivity contribution in [1.29, 1.82) is 0 Å². The number of rotatable bonds is 12. The molecule has 0 aromatic carbocycles. The minimum absolute atomic E-state index is 0.220. The standard InChI is InChI=1S/C23H33N5OSi.C17H20N6O2S/c1-30(2,3)14-13-29-17-28-12-9-19-23(28)26-16-21(27-19)22-20(24-10-11-25-22)15-18-7-5-4-6-8-18;1-26(24,25)23-8-2-3-12(11-23)9-14-16(19-7-6-18-14)15-10-21-17-13(22-15)4-5-20-17/h9-12,16,18H,4-8,13-15,17H2,1-3H3;4-7,10,12H,2-3,8-9,11H2,1H3,(H,20,21)/t;12-/m.1/s1. The van der Waals surface area contributed by atoms with Gasteiger partial charge in [0.05, 0.1) is 30.0 Å². The molecule has 0 radical (unpaired) electrons. The quantitative estimate of drug-likeness (QED) is 0.100. The highest BCUT2D eigenvalue weighted by Gasteiger charge is 2.27.